The first-order valence-electron chi connectivity index (χ1n) is 10.4. The van der Waals surface area contributed by atoms with Crippen LogP contribution < -0.4 is 5.32 Å². The fourth-order valence-electron chi connectivity index (χ4n) is 4.67. The molecule has 1 aromatic carbocycles. The van der Waals surface area contributed by atoms with Crippen molar-refractivity contribution in [1.29, 1.82) is 0 Å². The van der Waals surface area contributed by atoms with Gasteiger partial charge in [-0.05, 0) is 24.6 Å². The Bertz CT molecular complexity index is 1430. The second-order valence-corrected chi connectivity index (χ2v) is 9.10. The van der Waals surface area contributed by atoms with Crippen LogP contribution in [0.1, 0.15) is 42.5 Å². The number of anilines is 1. The van der Waals surface area contributed by atoms with Crippen LogP contribution in [0.25, 0.3) is 17.2 Å². The Hall–Kier alpha value is -3.46. The molecule has 0 spiro atoms. The summed E-state index contributed by atoms with van der Waals surface area (Å²) in [5.41, 5.74) is 1.63. The predicted molar refractivity (Wildman–Crippen MR) is 117 cm³/mol. The van der Waals surface area contributed by atoms with Crippen LogP contribution in [-0.4, -0.2) is 36.2 Å². The molecule has 1 fully saturated rings. The summed E-state index contributed by atoms with van der Waals surface area (Å²) in [6.45, 7) is 1.76. The quantitative estimate of drug-likeness (QED) is 0.476. The van der Waals surface area contributed by atoms with Crippen LogP contribution in [0.2, 0.25) is 5.02 Å². The van der Waals surface area contributed by atoms with E-state index >= 15 is 0 Å². The van der Waals surface area contributed by atoms with Gasteiger partial charge in [0.15, 0.2) is 11.5 Å². The predicted octanol–water partition coefficient (Wildman–Crippen LogP) is 4.61. The second-order valence-electron chi connectivity index (χ2n) is 8.67. The first-order chi connectivity index (χ1) is 15.7. The van der Waals surface area contributed by atoms with E-state index in [-0.39, 0.29) is 24.6 Å². The van der Waals surface area contributed by atoms with Gasteiger partial charge >= 0.3 is 0 Å². The Balaban J connectivity index is 1.55. The number of fused-ring (bicyclic) bond motifs is 2. The summed E-state index contributed by atoms with van der Waals surface area (Å²) < 4.78 is 29.5. The lowest BCUT2D eigenvalue weighted by atomic mass is 9.71. The summed E-state index contributed by atoms with van der Waals surface area (Å²) in [5.74, 6) is -2.96. The van der Waals surface area contributed by atoms with Gasteiger partial charge in [0.2, 0.25) is 11.8 Å². The minimum atomic E-state index is -2.75. The zero-order valence-corrected chi connectivity index (χ0v) is 18.1. The van der Waals surface area contributed by atoms with Crippen LogP contribution in [0.5, 0.6) is 0 Å². The number of nitrogens with zero attached hydrogens (tertiary/aromatic N) is 5. The lowest BCUT2D eigenvalue weighted by molar-refractivity contribution is -0.119. The van der Waals surface area contributed by atoms with Gasteiger partial charge in [0.05, 0.1) is 11.9 Å². The molecular weight excluding hydrogens is 450 g/mol. The molecule has 3 aromatic heterocycles. The van der Waals surface area contributed by atoms with Crippen LogP contribution in [0, 0.1) is 0 Å². The molecule has 1 atom stereocenters. The highest BCUT2D eigenvalue weighted by Crippen LogP contribution is 2.53. The van der Waals surface area contributed by atoms with Crippen molar-refractivity contribution in [2.45, 2.75) is 37.0 Å². The second kappa shape index (κ2) is 6.77. The van der Waals surface area contributed by atoms with Gasteiger partial charge in [-0.15, -0.1) is 0 Å². The zero-order chi connectivity index (χ0) is 23.0. The number of hydrogen-bond donors (Lipinski definition) is 1. The van der Waals surface area contributed by atoms with Crippen LogP contribution in [0.3, 0.4) is 0 Å². The SMILES string of the molecule is CC1(c2ccc(Cl)cc2)C(=O)Nc2nc(-c3cn4ccnc4cn3)nc(C3CC(F)(F)C3)c21. The summed E-state index contributed by atoms with van der Waals surface area (Å²) in [6.07, 6.45) is 6.06. The molecule has 1 amide bonds. The smallest absolute Gasteiger partial charge is 0.249 e. The summed E-state index contributed by atoms with van der Waals surface area (Å²) in [6, 6.07) is 6.92. The van der Waals surface area contributed by atoms with E-state index in [1.54, 1.807) is 60.4 Å². The van der Waals surface area contributed by atoms with E-state index in [0.29, 0.717) is 39.0 Å². The number of hydrogen-bond acceptors (Lipinski definition) is 5. The molecule has 0 saturated heterocycles. The van der Waals surface area contributed by atoms with Crippen molar-refractivity contribution in [2.75, 3.05) is 5.32 Å². The van der Waals surface area contributed by atoms with Crippen molar-refractivity contribution in [1.82, 2.24) is 24.3 Å². The molecule has 166 valence electrons. The van der Waals surface area contributed by atoms with Gasteiger partial charge in [0.25, 0.3) is 0 Å². The number of carbonyl (C=O) groups excluding carboxylic acids is 1. The number of halogens is 3. The molecule has 7 nitrogen and oxygen atoms in total. The van der Waals surface area contributed by atoms with Crippen molar-refractivity contribution in [3.63, 3.8) is 0 Å². The van der Waals surface area contributed by atoms with Crippen LogP contribution in [-0.2, 0) is 10.2 Å². The molecule has 1 saturated carbocycles. The number of aromatic nitrogens is 5. The summed E-state index contributed by atoms with van der Waals surface area (Å²) >= 11 is 6.04. The fourth-order valence-corrected chi connectivity index (χ4v) is 4.80. The number of benzene rings is 1. The zero-order valence-electron chi connectivity index (χ0n) is 17.4. The van der Waals surface area contributed by atoms with Gasteiger partial charge in [-0.1, -0.05) is 23.7 Å². The normalized spacial score (nSPS) is 21.6. The summed E-state index contributed by atoms with van der Waals surface area (Å²) in [5, 5.41) is 3.38. The van der Waals surface area contributed by atoms with E-state index in [4.69, 9.17) is 16.6 Å². The largest absolute Gasteiger partial charge is 0.309 e. The lowest BCUT2D eigenvalue weighted by Crippen LogP contribution is -2.38. The maximum absolute atomic E-state index is 13.9. The van der Waals surface area contributed by atoms with E-state index in [0.717, 1.165) is 0 Å². The third-order valence-corrected chi connectivity index (χ3v) is 6.78. The van der Waals surface area contributed by atoms with Crippen molar-refractivity contribution in [3.05, 3.63) is 70.9 Å². The number of imidazole rings is 1. The highest BCUT2D eigenvalue weighted by molar-refractivity contribution is 6.30. The molecular formula is C23H17ClF2N6O. The molecule has 4 heterocycles. The molecule has 1 unspecified atom stereocenters. The maximum atomic E-state index is 13.9. The molecule has 2 aliphatic rings. The average Bonchev–Trinajstić information content (AvgIpc) is 3.34. The van der Waals surface area contributed by atoms with E-state index in [2.05, 4.69) is 20.3 Å². The van der Waals surface area contributed by atoms with Gasteiger partial charge in [-0.3, -0.25) is 4.79 Å². The Morgan fingerprint density at radius 1 is 1.15 bits per heavy atom. The molecule has 0 radical (unpaired) electrons. The minimum Gasteiger partial charge on any atom is -0.309 e. The highest BCUT2D eigenvalue weighted by Gasteiger charge is 2.53. The van der Waals surface area contributed by atoms with Crippen molar-refractivity contribution < 1.29 is 13.6 Å². The number of carbonyl (C=O) groups is 1. The summed E-state index contributed by atoms with van der Waals surface area (Å²) in [7, 11) is 0. The van der Waals surface area contributed by atoms with E-state index < -0.39 is 17.3 Å². The third-order valence-electron chi connectivity index (χ3n) is 6.53. The topological polar surface area (TPSA) is 85.1 Å². The lowest BCUT2D eigenvalue weighted by Gasteiger charge is -2.37. The molecule has 6 rings (SSSR count). The van der Waals surface area contributed by atoms with Crippen molar-refractivity contribution in [3.8, 4) is 11.5 Å². The van der Waals surface area contributed by atoms with Crippen LogP contribution in [0.4, 0.5) is 14.6 Å². The number of alkyl halides is 2. The van der Waals surface area contributed by atoms with Gasteiger partial charge in [-0.2, -0.15) is 0 Å². The molecule has 1 N–H and O–H groups in total. The number of nitrogens with one attached hydrogen (secondary N) is 1. The number of amides is 1. The Morgan fingerprint density at radius 2 is 1.91 bits per heavy atom. The first kappa shape index (κ1) is 20.2. The molecule has 4 aromatic rings. The highest BCUT2D eigenvalue weighted by atomic mass is 35.5. The van der Waals surface area contributed by atoms with Crippen LogP contribution >= 0.6 is 11.6 Å². The van der Waals surface area contributed by atoms with E-state index in [1.165, 1.54) is 0 Å². The number of rotatable bonds is 3. The van der Waals surface area contributed by atoms with Crippen LogP contribution in [0.15, 0.2) is 49.1 Å². The standard InChI is InChI=1S/C23H17ClF2N6O/c1-22(13-2-4-14(24)5-3-13)17-18(12-8-23(25,26)9-12)29-19(30-20(17)31-21(22)33)15-11-32-7-6-27-16(32)10-28-15/h2-7,10-12H,8-9H2,1H3,(H,29,30,31,33). The van der Waals surface area contributed by atoms with Crippen molar-refractivity contribution in [2.24, 2.45) is 0 Å². The van der Waals surface area contributed by atoms with Crippen molar-refractivity contribution >= 4 is 29.0 Å². The Labute approximate surface area is 191 Å². The molecule has 10 heteroatoms. The van der Waals surface area contributed by atoms with Gasteiger partial charge in [-0.25, -0.2) is 28.7 Å². The molecule has 0 bridgehead atoms. The molecule has 1 aliphatic carbocycles. The first-order valence-corrected chi connectivity index (χ1v) is 10.8. The van der Waals surface area contributed by atoms with Gasteiger partial charge in [0.1, 0.15) is 16.9 Å². The maximum Gasteiger partial charge on any atom is 0.249 e. The summed E-state index contributed by atoms with van der Waals surface area (Å²) in [4.78, 5) is 31.1. The molecule has 1 aliphatic heterocycles. The Morgan fingerprint density at radius 3 is 2.64 bits per heavy atom. The molecule has 33 heavy (non-hydrogen) atoms. The van der Waals surface area contributed by atoms with Gasteiger partial charge < -0.3 is 9.72 Å². The minimum absolute atomic E-state index is 0.259. The Kier molecular flexibility index (Phi) is 4.14. The van der Waals surface area contributed by atoms with E-state index in [9.17, 15) is 13.6 Å². The fraction of sp³-hybridized carbons (Fsp3) is 0.261. The van der Waals surface area contributed by atoms with Gasteiger partial charge in [0, 0.05) is 47.9 Å². The third kappa shape index (κ3) is 3.02. The van der Waals surface area contributed by atoms with E-state index in [1.807, 2.05) is 0 Å². The monoisotopic (exact) mass is 466 g/mol. The average molecular weight is 467 g/mol.